The van der Waals surface area contributed by atoms with Gasteiger partial charge in [0.2, 0.25) is 0 Å². The molecule has 446 valence electrons. The van der Waals surface area contributed by atoms with Crippen molar-refractivity contribution in [3.63, 3.8) is 0 Å². The molecule has 2 atom stereocenters. The molecule has 0 aliphatic rings. The average molecular weight is 1110 g/mol. The Balaban J connectivity index is 4.12. The van der Waals surface area contributed by atoms with Crippen molar-refractivity contribution in [2.75, 3.05) is 47.5 Å². The molecule has 0 bridgehead atoms. The van der Waals surface area contributed by atoms with Gasteiger partial charge in [-0.3, -0.25) is 18.6 Å². The summed E-state index contributed by atoms with van der Waals surface area (Å²) in [5.74, 6) is -0.816. The second kappa shape index (κ2) is 58.1. The molecule has 2 unspecified atom stereocenters. The third-order valence-electron chi connectivity index (χ3n) is 13.0. The van der Waals surface area contributed by atoms with Gasteiger partial charge in [-0.1, -0.05) is 245 Å². The second-order valence-electron chi connectivity index (χ2n) is 21.7. The van der Waals surface area contributed by atoms with Crippen LogP contribution < -0.4 is 0 Å². The number of rotatable bonds is 56. The summed E-state index contributed by atoms with van der Waals surface area (Å²) in [7, 11) is 1.46. The van der Waals surface area contributed by atoms with Gasteiger partial charge in [0.1, 0.15) is 19.8 Å². The van der Waals surface area contributed by atoms with Gasteiger partial charge in [0.05, 0.1) is 27.7 Å². The Hall–Kier alpha value is -3.59. The van der Waals surface area contributed by atoms with E-state index in [0.29, 0.717) is 17.4 Å². The van der Waals surface area contributed by atoms with Gasteiger partial charge >= 0.3 is 19.8 Å². The summed E-state index contributed by atoms with van der Waals surface area (Å²) in [6.45, 7) is 4.27. The summed E-state index contributed by atoms with van der Waals surface area (Å²) < 4.78 is 34.6. The Morgan fingerprint density at radius 2 is 0.731 bits per heavy atom. The van der Waals surface area contributed by atoms with Crippen LogP contribution in [-0.2, 0) is 32.7 Å². The minimum absolute atomic E-state index is 0.0239. The molecule has 0 aromatic carbocycles. The number of carbonyl (C=O) groups excluding carboxylic acids is 2. The largest absolute Gasteiger partial charge is 0.472 e. The number of unbranched alkanes of at least 4 members (excludes halogenated alkanes) is 22. The lowest BCUT2D eigenvalue weighted by molar-refractivity contribution is -0.870. The maximum absolute atomic E-state index is 12.8. The SMILES string of the molecule is CC/C=C\C/C=C\C/C=C\C/C=C\C/C=C\C/C=C\C/C=C\CCCCCCCCCCCCCCCC(=O)OC(COC(=O)CCCCCCCC/C=C\C/C=C\C/C=C\CCCCC)COP(=O)(O)OCC[N+](C)(C)C. The number of hydrogen-bond donors (Lipinski definition) is 1. The highest BCUT2D eigenvalue weighted by molar-refractivity contribution is 7.47. The molecule has 0 spiro atoms. The van der Waals surface area contributed by atoms with Gasteiger partial charge in [0, 0.05) is 12.8 Å². The van der Waals surface area contributed by atoms with Gasteiger partial charge in [0.15, 0.2) is 6.10 Å². The second-order valence-corrected chi connectivity index (χ2v) is 23.2. The number of esters is 2. The van der Waals surface area contributed by atoms with E-state index >= 15 is 0 Å². The summed E-state index contributed by atoms with van der Waals surface area (Å²) in [5.41, 5.74) is 0. The monoisotopic (exact) mass is 1110 g/mol. The van der Waals surface area contributed by atoms with Gasteiger partial charge in [0.25, 0.3) is 0 Å². The number of nitrogens with zero attached hydrogens (tertiary/aromatic N) is 1. The van der Waals surface area contributed by atoms with E-state index in [9.17, 15) is 19.0 Å². The Bertz CT molecular complexity index is 1730. The van der Waals surface area contributed by atoms with Gasteiger partial charge in [-0.2, -0.15) is 0 Å². The van der Waals surface area contributed by atoms with Crippen molar-refractivity contribution in [1.29, 1.82) is 0 Å². The van der Waals surface area contributed by atoms with Gasteiger partial charge in [-0.15, -0.1) is 0 Å². The molecule has 1 N–H and O–H groups in total. The van der Waals surface area contributed by atoms with Crippen molar-refractivity contribution in [2.45, 2.75) is 251 Å². The average Bonchev–Trinajstić information content (AvgIpc) is 3.41. The molecule has 0 radical (unpaired) electrons. The standard InChI is InChI=1S/C68H116NO8P/c1-6-8-10-12-14-16-18-20-22-24-26-27-28-29-30-31-32-33-34-35-36-37-38-39-40-41-43-45-47-49-51-53-55-57-59-61-68(71)77-66(65-76-78(72,73)75-63-62-69(3,4)5)64-74-67(70)60-58-56-54-52-50-48-46-44-42-25-23-21-19-17-15-13-11-9-7-2/h8,10,14-17,20-23,26-27,29-30,32-33,35-36,42,44,66H,6-7,9,11-13,18-19,24-25,28,31,34,37-41,43,45-65H2,1-5H3/p+1/b10-8-,16-14-,17-15-,22-20-,23-21-,27-26-,30-29-,33-32-,36-35-,44-42-. The van der Waals surface area contributed by atoms with Crippen LogP contribution in [-0.4, -0.2) is 74.9 Å². The first kappa shape index (κ1) is 74.4. The molecule has 10 heteroatoms. The molecule has 0 saturated carbocycles. The molecule has 0 aliphatic carbocycles. The lowest BCUT2D eigenvalue weighted by Gasteiger charge is -2.24. The van der Waals surface area contributed by atoms with E-state index in [2.05, 4.69) is 135 Å². The quantitative estimate of drug-likeness (QED) is 0.0211. The Morgan fingerprint density at radius 1 is 0.410 bits per heavy atom. The highest BCUT2D eigenvalue weighted by atomic mass is 31.2. The summed E-state index contributed by atoms with van der Waals surface area (Å²) in [4.78, 5) is 35.7. The summed E-state index contributed by atoms with van der Waals surface area (Å²) in [5, 5.41) is 0. The van der Waals surface area contributed by atoms with Crippen LogP contribution in [0, 0.1) is 0 Å². The van der Waals surface area contributed by atoms with E-state index in [-0.39, 0.29) is 32.0 Å². The van der Waals surface area contributed by atoms with Crippen LogP contribution in [0.2, 0.25) is 0 Å². The zero-order valence-corrected chi connectivity index (χ0v) is 51.5. The number of phosphoric ester groups is 1. The van der Waals surface area contributed by atoms with Crippen molar-refractivity contribution < 1.29 is 42.1 Å². The molecule has 0 aromatic rings. The van der Waals surface area contributed by atoms with Crippen molar-refractivity contribution in [1.82, 2.24) is 0 Å². The lowest BCUT2D eigenvalue weighted by atomic mass is 10.0. The molecule has 78 heavy (non-hydrogen) atoms. The Morgan fingerprint density at radius 3 is 1.09 bits per heavy atom. The molecule has 0 rings (SSSR count). The van der Waals surface area contributed by atoms with Crippen molar-refractivity contribution in [2.24, 2.45) is 0 Å². The Kier molecular flexibility index (Phi) is 55.4. The van der Waals surface area contributed by atoms with E-state index in [1.54, 1.807) is 0 Å². The number of hydrogen-bond acceptors (Lipinski definition) is 7. The van der Waals surface area contributed by atoms with Crippen LogP contribution >= 0.6 is 7.82 Å². The van der Waals surface area contributed by atoms with Crippen LogP contribution in [0.25, 0.3) is 0 Å². The maximum Gasteiger partial charge on any atom is 0.472 e. The fourth-order valence-corrected chi connectivity index (χ4v) is 8.92. The van der Waals surface area contributed by atoms with Crippen LogP contribution in [0.15, 0.2) is 122 Å². The summed E-state index contributed by atoms with van der Waals surface area (Å²) in [6, 6.07) is 0. The Labute approximate surface area is 479 Å². The summed E-state index contributed by atoms with van der Waals surface area (Å²) >= 11 is 0. The number of ether oxygens (including phenoxy) is 2. The van der Waals surface area contributed by atoms with Crippen LogP contribution in [0.4, 0.5) is 0 Å². The van der Waals surface area contributed by atoms with E-state index in [1.165, 1.54) is 103 Å². The first-order valence-corrected chi connectivity index (χ1v) is 32.8. The van der Waals surface area contributed by atoms with Crippen LogP contribution in [0.1, 0.15) is 245 Å². The minimum atomic E-state index is -4.40. The molecule has 0 amide bonds. The first-order chi connectivity index (χ1) is 38.0. The fraction of sp³-hybridized carbons (Fsp3) is 0.676. The third kappa shape index (κ3) is 61.6. The van der Waals surface area contributed by atoms with E-state index in [1.807, 2.05) is 21.1 Å². The van der Waals surface area contributed by atoms with Gasteiger partial charge < -0.3 is 18.9 Å². The van der Waals surface area contributed by atoms with Crippen LogP contribution in [0.3, 0.4) is 0 Å². The number of quaternary nitrogens is 1. The molecular weight excluding hydrogens is 990 g/mol. The van der Waals surface area contributed by atoms with Crippen molar-refractivity contribution in [3.05, 3.63) is 122 Å². The van der Waals surface area contributed by atoms with E-state index < -0.39 is 26.5 Å². The first-order valence-electron chi connectivity index (χ1n) is 31.3. The molecular formula is C68H117NO8P+. The zero-order chi connectivity index (χ0) is 57.0. The van der Waals surface area contributed by atoms with Crippen molar-refractivity contribution >= 4 is 19.8 Å². The number of likely N-dealkylation sites (N-methyl/N-ethyl adjacent to an activating group) is 1. The number of carbonyl (C=O) groups is 2. The van der Waals surface area contributed by atoms with Gasteiger partial charge in [-0.25, -0.2) is 4.57 Å². The number of allylic oxidation sites excluding steroid dienone is 20. The minimum Gasteiger partial charge on any atom is -0.462 e. The predicted molar refractivity (Wildman–Crippen MR) is 334 cm³/mol. The zero-order valence-electron chi connectivity index (χ0n) is 50.6. The predicted octanol–water partition coefficient (Wildman–Crippen LogP) is 19.9. The van der Waals surface area contributed by atoms with Crippen molar-refractivity contribution in [3.8, 4) is 0 Å². The van der Waals surface area contributed by atoms with E-state index in [0.717, 1.165) is 109 Å². The molecule has 0 saturated heterocycles. The lowest BCUT2D eigenvalue weighted by Crippen LogP contribution is -2.37. The molecule has 9 nitrogen and oxygen atoms in total. The topological polar surface area (TPSA) is 108 Å². The summed E-state index contributed by atoms with van der Waals surface area (Å²) in [6.07, 6.45) is 82.7. The molecule has 0 fully saturated rings. The molecule has 0 heterocycles. The highest BCUT2D eigenvalue weighted by Gasteiger charge is 2.27. The third-order valence-corrected chi connectivity index (χ3v) is 14.0. The fourth-order valence-electron chi connectivity index (χ4n) is 8.18. The van der Waals surface area contributed by atoms with Gasteiger partial charge in [-0.05, 0) is 109 Å². The molecule has 0 aliphatic heterocycles. The van der Waals surface area contributed by atoms with Crippen LogP contribution in [0.5, 0.6) is 0 Å². The highest BCUT2D eigenvalue weighted by Crippen LogP contribution is 2.43. The smallest absolute Gasteiger partial charge is 0.462 e. The maximum atomic E-state index is 12.8. The normalized spacial score (nSPS) is 14.1. The number of phosphoric acid groups is 1. The van der Waals surface area contributed by atoms with E-state index in [4.69, 9.17) is 18.5 Å². The molecule has 0 aromatic heterocycles.